The van der Waals surface area contributed by atoms with Crippen molar-refractivity contribution in [3.63, 3.8) is 0 Å². The van der Waals surface area contributed by atoms with E-state index < -0.39 is 0 Å². The molecule has 0 radical (unpaired) electrons. The summed E-state index contributed by atoms with van der Waals surface area (Å²) in [5.74, 6) is 2.82. The van der Waals surface area contributed by atoms with Gasteiger partial charge in [-0.25, -0.2) is 0 Å². The quantitative estimate of drug-likeness (QED) is 0.756. The molecule has 0 saturated carbocycles. The second-order valence-corrected chi connectivity index (χ2v) is 6.71. The number of ether oxygens (including phenoxy) is 1. The molecule has 0 unspecified atom stereocenters. The summed E-state index contributed by atoms with van der Waals surface area (Å²) in [6.45, 7) is 11.7. The maximum absolute atomic E-state index is 6.11. The molecule has 1 fully saturated rings. The Kier molecular flexibility index (Phi) is 6.29. The average molecular weight is 364 g/mol. The number of rotatable bonds is 7. The molecule has 1 aromatic heterocycles. The topological polar surface area (TPSA) is 46.4 Å². The molecule has 0 bridgehead atoms. The molecule has 136 valence electrons. The molecule has 2 aromatic rings. The number of halogens is 1. The van der Waals surface area contributed by atoms with Gasteiger partial charge in [-0.2, -0.15) is 0 Å². The molecular formula is C18H26ClN5O. The summed E-state index contributed by atoms with van der Waals surface area (Å²) in [6.07, 6.45) is 0. The number of piperazine rings is 1. The fourth-order valence-electron chi connectivity index (χ4n) is 3.17. The molecule has 6 nitrogen and oxygen atoms in total. The van der Waals surface area contributed by atoms with Gasteiger partial charge in [0.15, 0.2) is 0 Å². The monoisotopic (exact) mass is 363 g/mol. The zero-order valence-corrected chi connectivity index (χ0v) is 15.7. The number of hydrogen-bond acceptors (Lipinski definition) is 5. The normalized spacial score (nSPS) is 16.3. The van der Waals surface area contributed by atoms with Gasteiger partial charge < -0.3 is 9.30 Å². The van der Waals surface area contributed by atoms with Crippen molar-refractivity contribution in [3.05, 3.63) is 40.9 Å². The summed E-state index contributed by atoms with van der Waals surface area (Å²) in [5.41, 5.74) is 0. The molecule has 7 heteroatoms. The van der Waals surface area contributed by atoms with E-state index >= 15 is 0 Å². The minimum atomic E-state index is 0.660. The highest BCUT2D eigenvalue weighted by atomic mass is 35.5. The van der Waals surface area contributed by atoms with E-state index in [0.717, 1.165) is 63.2 Å². The van der Waals surface area contributed by atoms with Crippen LogP contribution < -0.4 is 4.74 Å². The van der Waals surface area contributed by atoms with Gasteiger partial charge in [0.1, 0.15) is 24.0 Å². The van der Waals surface area contributed by atoms with Crippen molar-refractivity contribution < 1.29 is 4.74 Å². The molecule has 2 heterocycles. The van der Waals surface area contributed by atoms with Gasteiger partial charge in [0.2, 0.25) is 0 Å². The van der Waals surface area contributed by atoms with Crippen LogP contribution in [0.2, 0.25) is 5.02 Å². The first-order valence-electron chi connectivity index (χ1n) is 8.88. The second-order valence-electron chi connectivity index (χ2n) is 6.30. The third-order valence-electron chi connectivity index (χ3n) is 4.66. The lowest BCUT2D eigenvalue weighted by Gasteiger charge is -2.34. The van der Waals surface area contributed by atoms with Crippen LogP contribution >= 0.6 is 11.6 Å². The van der Waals surface area contributed by atoms with Crippen molar-refractivity contribution in [1.29, 1.82) is 0 Å². The standard InChI is InChI=1S/C18H26ClN5O/c1-3-24-15(2)20-21-18(24)14-23-10-8-22(9-11-23)12-13-25-17-7-5-4-6-16(17)19/h4-7H,3,8-14H2,1-2H3. The molecule has 0 N–H and O–H groups in total. The van der Waals surface area contributed by atoms with Crippen LogP contribution in [0.15, 0.2) is 24.3 Å². The Balaban J connectivity index is 1.40. The van der Waals surface area contributed by atoms with Crippen molar-refractivity contribution in [2.75, 3.05) is 39.3 Å². The van der Waals surface area contributed by atoms with Crippen LogP contribution in [0.5, 0.6) is 5.75 Å². The SMILES string of the molecule is CCn1c(C)nnc1CN1CCN(CCOc2ccccc2Cl)CC1. The zero-order chi connectivity index (χ0) is 17.6. The van der Waals surface area contributed by atoms with Crippen LogP contribution in [0.3, 0.4) is 0 Å². The fraction of sp³-hybridized carbons (Fsp3) is 0.556. The first-order valence-corrected chi connectivity index (χ1v) is 9.26. The Labute approximate surface area is 154 Å². The van der Waals surface area contributed by atoms with Gasteiger partial charge in [0.25, 0.3) is 0 Å². The Hall–Kier alpha value is -1.63. The molecule has 1 aromatic carbocycles. The van der Waals surface area contributed by atoms with Gasteiger partial charge in [-0.1, -0.05) is 23.7 Å². The van der Waals surface area contributed by atoms with Crippen LogP contribution in [0, 0.1) is 6.92 Å². The van der Waals surface area contributed by atoms with Crippen molar-refractivity contribution in [2.45, 2.75) is 26.9 Å². The number of aromatic nitrogens is 3. The Bertz CT molecular complexity index is 682. The molecule has 0 atom stereocenters. The smallest absolute Gasteiger partial charge is 0.147 e. The third kappa shape index (κ3) is 4.71. The minimum absolute atomic E-state index is 0.660. The minimum Gasteiger partial charge on any atom is -0.491 e. The molecule has 0 amide bonds. The first kappa shape index (κ1) is 18.2. The fourth-order valence-corrected chi connectivity index (χ4v) is 3.36. The predicted molar refractivity (Wildman–Crippen MR) is 99.1 cm³/mol. The van der Waals surface area contributed by atoms with Gasteiger partial charge in [-0.15, -0.1) is 10.2 Å². The largest absolute Gasteiger partial charge is 0.491 e. The van der Waals surface area contributed by atoms with Gasteiger partial charge in [0, 0.05) is 39.3 Å². The maximum atomic E-state index is 6.11. The Morgan fingerprint density at radius 2 is 1.80 bits per heavy atom. The maximum Gasteiger partial charge on any atom is 0.147 e. The second kappa shape index (κ2) is 8.65. The Morgan fingerprint density at radius 3 is 2.52 bits per heavy atom. The lowest BCUT2D eigenvalue weighted by molar-refractivity contribution is 0.110. The highest BCUT2D eigenvalue weighted by Gasteiger charge is 2.19. The number of para-hydroxylation sites is 1. The molecule has 3 rings (SSSR count). The van der Waals surface area contributed by atoms with E-state index in [2.05, 4.69) is 31.5 Å². The predicted octanol–water partition coefficient (Wildman–Crippen LogP) is 2.46. The van der Waals surface area contributed by atoms with Crippen LogP contribution in [-0.4, -0.2) is 63.9 Å². The molecule has 1 aliphatic rings. The number of aryl methyl sites for hydroxylation is 1. The van der Waals surface area contributed by atoms with E-state index in [1.807, 2.05) is 31.2 Å². The van der Waals surface area contributed by atoms with Crippen LogP contribution in [0.1, 0.15) is 18.6 Å². The summed E-state index contributed by atoms with van der Waals surface area (Å²) in [6, 6.07) is 7.62. The van der Waals surface area contributed by atoms with Gasteiger partial charge in [0.05, 0.1) is 11.6 Å². The van der Waals surface area contributed by atoms with Crippen LogP contribution in [0.25, 0.3) is 0 Å². The summed E-state index contributed by atoms with van der Waals surface area (Å²) in [4.78, 5) is 4.88. The van der Waals surface area contributed by atoms with Crippen molar-refractivity contribution >= 4 is 11.6 Å². The van der Waals surface area contributed by atoms with Gasteiger partial charge >= 0.3 is 0 Å². The summed E-state index contributed by atoms with van der Waals surface area (Å²) < 4.78 is 7.97. The molecule has 0 aliphatic carbocycles. The molecule has 25 heavy (non-hydrogen) atoms. The lowest BCUT2D eigenvalue weighted by atomic mass is 10.3. The molecule has 0 spiro atoms. The van der Waals surface area contributed by atoms with Crippen molar-refractivity contribution in [3.8, 4) is 5.75 Å². The third-order valence-corrected chi connectivity index (χ3v) is 4.97. The highest BCUT2D eigenvalue weighted by molar-refractivity contribution is 6.32. The Morgan fingerprint density at radius 1 is 1.08 bits per heavy atom. The van der Waals surface area contributed by atoms with Gasteiger partial charge in [-0.3, -0.25) is 9.80 Å². The first-order chi connectivity index (χ1) is 12.2. The highest BCUT2D eigenvalue weighted by Crippen LogP contribution is 2.22. The van der Waals surface area contributed by atoms with E-state index in [0.29, 0.717) is 11.6 Å². The zero-order valence-electron chi connectivity index (χ0n) is 15.0. The molecular weight excluding hydrogens is 338 g/mol. The van der Waals surface area contributed by atoms with Crippen molar-refractivity contribution in [2.24, 2.45) is 0 Å². The van der Waals surface area contributed by atoms with E-state index in [1.54, 1.807) is 0 Å². The van der Waals surface area contributed by atoms with E-state index in [9.17, 15) is 0 Å². The van der Waals surface area contributed by atoms with E-state index in [4.69, 9.17) is 16.3 Å². The summed E-state index contributed by atoms with van der Waals surface area (Å²) in [7, 11) is 0. The molecule has 1 aliphatic heterocycles. The number of benzene rings is 1. The number of hydrogen-bond donors (Lipinski definition) is 0. The van der Waals surface area contributed by atoms with Crippen LogP contribution in [0.4, 0.5) is 0 Å². The summed E-state index contributed by atoms with van der Waals surface area (Å²) >= 11 is 6.11. The average Bonchev–Trinajstić information content (AvgIpc) is 2.97. The van der Waals surface area contributed by atoms with Crippen LogP contribution in [-0.2, 0) is 13.1 Å². The van der Waals surface area contributed by atoms with E-state index in [1.165, 1.54) is 0 Å². The lowest BCUT2D eigenvalue weighted by Crippen LogP contribution is -2.47. The van der Waals surface area contributed by atoms with Gasteiger partial charge in [-0.05, 0) is 26.0 Å². The van der Waals surface area contributed by atoms with Crippen molar-refractivity contribution in [1.82, 2.24) is 24.6 Å². The number of nitrogens with zero attached hydrogens (tertiary/aromatic N) is 5. The van der Waals surface area contributed by atoms with E-state index in [-0.39, 0.29) is 0 Å². The molecule has 1 saturated heterocycles. The summed E-state index contributed by atoms with van der Waals surface area (Å²) in [5, 5.41) is 9.18.